The molecule has 2 rings (SSSR count). The molecule has 0 saturated carbocycles. The molecule has 2 saturated heterocycles. The van der Waals surface area contributed by atoms with Crippen molar-refractivity contribution in [2.24, 2.45) is 5.92 Å². The van der Waals surface area contributed by atoms with Crippen molar-refractivity contribution in [2.75, 3.05) is 39.5 Å². The Kier molecular flexibility index (Phi) is 7.37. The van der Waals surface area contributed by atoms with Crippen LogP contribution < -0.4 is 0 Å². The number of carbonyl (C=O) groups excluding carboxylic acids is 2. The first-order chi connectivity index (χ1) is 11.8. The van der Waals surface area contributed by atoms with Gasteiger partial charge >= 0.3 is 6.09 Å². The number of amides is 2. The summed E-state index contributed by atoms with van der Waals surface area (Å²) in [6.45, 7) is 6.18. The molecule has 2 amide bonds. The van der Waals surface area contributed by atoms with Crippen molar-refractivity contribution in [3.63, 3.8) is 0 Å². The van der Waals surface area contributed by atoms with Crippen LogP contribution in [0.5, 0.6) is 0 Å². The van der Waals surface area contributed by atoms with Gasteiger partial charge in [-0.3, -0.25) is 9.69 Å². The van der Waals surface area contributed by atoms with Gasteiger partial charge < -0.3 is 14.5 Å². The Morgan fingerprint density at radius 1 is 1.40 bits per heavy atom. The lowest BCUT2D eigenvalue weighted by atomic mass is 9.95. The molecule has 6 nitrogen and oxygen atoms in total. The predicted octanol–water partition coefficient (Wildman–Crippen LogP) is 2.42. The smallest absolute Gasteiger partial charge is 0.410 e. The van der Waals surface area contributed by atoms with Crippen LogP contribution in [0.15, 0.2) is 0 Å². The molecule has 0 N–H and O–H groups in total. The molecule has 0 spiro atoms. The fraction of sp³-hybridized carbons (Fsp3) is 0.824. The summed E-state index contributed by atoms with van der Waals surface area (Å²) in [7, 11) is 3.77. The number of hydrogen-bond acceptors (Lipinski definition) is 5. The molecule has 25 heavy (non-hydrogen) atoms. The lowest BCUT2D eigenvalue weighted by molar-refractivity contribution is -0.129. The van der Waals surface area contributed by atoms with Gasteiger partial charge in [-0.25, -0.2) is 4.79 Å². The van der Waals surface area contributed by atoms with E-state index in [4.69, 9.17) is 17.0 Å². The van der Waals surface area contributed by atoms with E-state index in [2.05, 4.69) is 13.8 Å². The van der Waals surface area contributed by atoms with Crippen LogP contribution in [-0.2, 0) is 9.53 Å². The van der Waals surface area contributed by atoms with E-state index >= 15 is 0 Å². The molecule has 0 bridgehead atoms. The Labute approximate surface area is 160 Å². The zero-order valence-electron chi connectivity index (χ0n) is 15.6. The van der Waals surface area contributed by atoms with Gasteiger partial charge in [0.2, 0.25) is 5.91 Å². The van der Waals surface area contributed by atoms with Crippen molar-refractivity contribution in [2.45, 2.75) is 45.2 Å². The number of cyclic esters (lactones) is 1. The molecule has 0 aromatic heterocycles. The van der Waals surface area contributed by atoms with Crippen LogP contribution in [0.4, 0.5) is 4.79 Å². The van der Waals surface area contributed by atoms with Crippen LogP contribution in [0.1, 0.15) is 33.1 Å². The molecule has 2 atom stereocenters. The maximum atomic E-state index is 12.4. The fourth-order valence-corrected chi connectivity index (χ4v) is 4.18. The Morgan fingerprint density at radius 3 is 2.60 bits per heavy atom. The predicted molar refractivity (Wildman–Crippen MR) is 105 cm³/mol. The minimum atomic E-state index is -0.193. The number of thiocarbonyl (C=S) groups is 1. The van der Waals surface area contributed by atoms with Gasteiger partial charge in [0.25, 0.3) is 0 Å². The summed E-state index contributed by atoms with van der Waals surface area (Å²) >= 11 is 6.61. The van der Waals surface area contributed by atoms with Gasteiger partial charge in [-0.1, -0.05) is 44.2 Å². The Bertz CT molecular complexity index is 507. The number of carbonyl (C=O) groups is 2. The van der Waals surface area contributed by atoms with Gasteiger partial charge in [-0.05, 0) is 18.8 Å². The van der Waals surface area contributed by atoms with Crippen molar-refractivity contribution in [1.29, 1.82) is 0 Å². The number of ether oxygens (including phenoxy) is 1. The van der Waals surface area contributed by atoms with Gasteiger partial charge in [0.15, 0.2) is 0 Å². The highest BCUT2D eigenvalue weighted by Gasteiger charge is 2.41. The summed E-state index contributed by atoms with van der Waals surface area (Å²) in [5.74, 6) is 0.924. The maximum Gasteiger partial charge on any atom is 0.410 e. The quantitative estimate of drug-likeness (QED) is 0.676. The monoisotopic (exact) mass is 387 g/mol. The maximum absolute atomic E-state index is 12.4. The van der Waals surface area contributed by atoms with Crippen LogP contribution in [0.3, 0.4) is 0 Å². The summed E-state index contributed by atoms with van der Waals surface area (Å²) in [4.78, 5) is 30.2. The first-order valence-corrected chi connectivity index (χ1v) is 10.3. The minimum absolute atomic E-state index is 0.120. The largest absolute Gasteiger partial charge is 0.447 e. The third-order valence-corrected chi connectivity index (χ3v) is 6.86. The fourth-order valence-electron chi connectivity index (χ4n) is 3.31. The second-order valence-electron chi connectivity index (χ2n) is 7.00. The average Bonchev–Trinajstić information content (AvgIpc) is 3.00. The van der Waals surface area contributed by atoms with Crippen LogP contribution in [-0.4, -0.2) is 82.6 Å². The highest BCUT2D eigenvalue weighted by molar-refractivity contribution is 8.23. The van der Waals surface area contributed by atoms with E-state index in [1.807, 2.05) is 28.8 Å². The summed E-state index contributed by atoms with van der Waals surface area (Å²) in [5.41, 5.74) is 0. The number of thioether (sulfide) groups is 1. The van der Waals surface area contributed by atoms with Gasteiger partial charge in [0.05, 0.1) is 11.8 Å². The molecular weight excluding hydrogens is 358 g/mol. The molecule has 0 radical (unpaired) electrons. The molecule has 142 valence electrons. The SMILES string of the molecule is CC[C@H](C)[C@@H]1COC(=O)N1C1CCN(C(=O)CSC(=S)N(C)C)CC1. The Morgan fingerprint density at radius 2 is 2.04 bits per heavy atom. The number of nitrogens with zero attached hydrogens (tertiary/aromatic N) is 3. The van der Waals surface area contributed by atoms with Crippen molar-refractivity contribution in [3.8, 4) is 0 Å². The van der Waals surface area contributed by atoms with Gasteiger partial charge in [0, 0.05) is 33.2 Å². The highest BCUT2D eigenvalue weighted by atomic mass is 32.2. The summed E-state index contributed by atoms with van der Waals surface area (Å²) < 4.78 is 6.02. The van der Waals surface area contributed by atoms with E-state index in [-0.39, 0.29) is 24.1 Å². The molecular formula is C17H29N3O3S2. The standard InChI is InChI=1S/C17H29N3O3S2/c1-5-12(2)14-10-23-16(22)20(14)13-6-8-19(9-7-13)15(21)11-25-17(24)18(3)4/h12-14H,5-11H2,1-4H3/t12-,14-/m0/s1. The van der Waals surface area contributed by atoms with Crippen molar-refractivity contribution in [1.82, 2.24) is 14.7 Å². The Balaban J connectivity index is 1.85. The second-order valence-corrected chi connectivity index (χ2v) is 8.61. The minimum Gasteiger partial charge on any atom is -0.447 e. The molecule has 2 aliphatic heterocycles. The zero-order valence-corrected chi connectivity index (χ0v) is 17.2. The number of likely N-dealkylation sites (tertiary alicyclic amines) is 1. The van der Waals surface area contributed by atoms with Crippen LogP contribution in [0.25, 0.3) is 0 Å². The normalized spacial score (nSPS) is 22.7. The first kappa shape index (κ1) is 20.3. The summed E-state index contributed by atoms with van der Waals surface area (Å²) in [6, 6.07) is 0.339. The van der Waals surface area contributed by atoms with E-state index in [1.54, 1.807) is 0 Å². The van der Waals surface area contributed by atoms with E-state index in [0.29, 0.717) is 31.4 Å². The van der Waals surface area contributed by atoms with Crippen molar-refractivity contribution in [3.05, 3.63) is 0 Å². The van der Waals surface area contributed by atoms with Gasteiger partial charge in [-0.15, -0.1) is 0 Å². The molecule has 0 aliphatic carbocycles. The van der Waals surface area contributed by atoms with E-state index in [1.165, 1.54) is 11.8 Å². The highest BCUT2D eigenvalue weighted by Crippen LogP contribution is 2.29. The van der Waals surface area contributed by atoms with Gasteiger partial charge in [0.1, 0.15) is 10.9 Å². The molecule has 0 aromatic carbocycles. The third kappa shape index (κ3) is 5.00. The van der Waals surface area contributed by atoms with E-state index < -0.39 is 0 Å². The summed E-state index contributed by atoms with van der Waals surface area (Å²) in [5, 5.41) is 0. The lowest BCUT2D eigenvalue weighted by Crippen LogP contribution is -2.51. The molecule has 2 aliphatic rings. The zero-order chi connectivity index (χ0) is 18.6. The van der Waals surface area contributed by atoms with Crippen LogP contribution in [0.2, 0.25) is 0 Å². The number of piperidine rings is 1. The topological polar surface area (TPSA) is 53.1 Å². The van der Waals surface area contributed by atoms with Crippen molar-refractivity contribution >= 4 is 40.3 Å². The van der Waals surface area contributed by atoms with E-state index in [0.717, 1.165) is 23.6 Å². The van der Waals surface area contributed by atoms with Crippen LogP contribution in [0, 0.1) is 5.92 Å². The average molecular weight is 388 g/mol. The van der Waals surface area contributed by atoms with E-state index in [9.17, 15) is 9.59 Å². The summed E-state index contributed by atoms with van der Waals surface area (Å²) in [6.07, 6.45) is 2.47. The molecule has 0 aromatic rings. The molecule has 0 unspecified atom stereocenters. The third-order valence-electron chi connectivity index (χ3n) is 5.14. The second kappa shape index (κ2) is 9.07. The first-order valence-electron chi connectivity index (χ1n) is 8.92. The number of rotatable bonds is 5. The number of hydrogen-bond donors (Lipinski definition) is 0. The molecule has 2 heterocycles. The lowest BCUT2D eigenvalue weighted by Gasteiger charge is -2.39. The van der Waals surface area contributed by atoms with Gasteiger partial charge in [-0.2, -0.15) is 0 Å². The van der Waals surface area contributed by atoms with Crippen LogP contribution >= 0.6 is 24.0 Å². The Hall–Kier alpha value is -1.02. The molecule has 2 fully saturated rings. The van der Waals surface area contributed by atoms with Crippen molar-refractivity contribution < 1.29 is 14.3 Å². The molecule has 8 heteroatoms.